The molecule has 0 saturated heterocycles. The Kier molecular flexibility index (Phi) is 4.26. The van der Waals surface area contributed by atoms with E-state index in [1.807, 2.05) is 43.3 Å². The summed E-state index contributed by atoms with van der Waals surface area (Å²) in [5, 5.41) is 4.81. The molecule has 3 aromatic rings. The molecule has 0 radical (unpaired) electrons. The normalized spacial score (nSPS) is 16.9. The molecule has 2 nitrogen and oxygen atoms in total. The van der Waals surface area contributed by atoms with Crippen LogP contribution in [0.15, 0.2) is 88.9 Å². The molecule has 0 spiro atoms. The highest BCUT2D eigenvalue weighted by Crippen LogP contribution is 2.45. The van der Waals surface area contributed by atoms with Gasteiger partial charge in [0.1, 0.15) is 5.58 Å². The number of rotatable bonds is 4. The second-order valence-electron chi connectivity index (χ2n) is 6.82. The van der Waals surface area contributed by atoms with Crippen LogP contribution in [-0.4, -0.2) is 0 Å². The van der Waals surface area contributed by atoms with E-state index < -0.39 is 0 Å². The Balaban J connectivity index is 1.93. The maximum atomic E-state index is 6.32. The molecule has 0 aliphatic heterocycles. The Morgan fingerprint density at radius 2 is 1.85 bits per heavy atom. The second-order valence-corrected chi connectivity index (χ2v) is 6.82. The van der Waals surface area contributed by atoms with E-state index in [0.29, 0.717) is 5.92 Å². The molecule has 0 amide bonds. The molecule has 0 fully saturated rings. The number of hydrogen-bond donors (Lipinski definition) is 1. The number of allylic oxidation sites excluding steroid dienone is 4. The summed E-state index contributed by atoms with van der Waals surface area (Å²) in [5.74, 6) is 1.32. The van der Waals surface area contributed by atoms with Crippen LogP contribution >= 0.6 is 0 Å². The molecule has 4 rings (SSSR count). The molecule has 1 aliphatic rings. The average molecular weight is 341 g/mol. The first-order valence-electron chi connectivity index (χ1n) is 9.08. The molecule has 26 heavy (non-hydrogen) atoms. The third kappa shape index (κ3) is 2.78. The monoisotopic (exact) mass is 341 g/mol. The van der Waals surface area contributed by atoms with Crippen molar-refractivity contribution in [2.75, 3.05) is 5.32 Å². The van der Waals surface area contributed by atoms with Gasteiger partial charge in [-0.2, -0.15) is 0 Å². The minimum atomic E-state index is 0.381. The molecule has 0 saturated carbocycles. The number of anilines is 1. The van der Waals surface area contributed by atoms with E-state index in [4.69, 9.17) is 4.42 Å². The van der Waals surface area contributed by atoms with Crippen molar-refractivity contribution in [3.8, 4) is 0 Å². The third-order valence-corrected chi connectivity index (χ3v) is 4.96. The fourth-order valence-electron chi connectivity index (χ4n) is 3.78. The molecule has 0 bridgehead atoms. The van der Waals surface area contributed by atoms with E-state index >= 15 is 0 Å². The van der Waals surface area contributed by atoms with Crippen LogP contribution in [0.3, 0.4) is 0 Å². The quantitative estimate of drug-likeness (QED) is 0.522. The van der Waals surface area contributed by atoms with Gasteiger partial charge in [0, 0.05) is 16.6 Å². The van der Waals surface area contributed by atoms with E-state index in [1.54, 1.807) is 0 Å². The Morgan fingerprint density at radius 3 is 2.62 bits per heavy atom. The zero-order valence-electron chi connectivity index (χ0n) is 15.3. The van der Waals surface area contributed by atoms with Crippen LogP contribution in [0.25, 0.3) is 16.7 Å². The lowest BCUT2D eigenvalue weighted by Gasteiger charge is -2.26. The van der Waals surface area contributed by atoms with Gasteiger partial charge in [0.2, 0.25) is 0 Å². The summed E-state index contributed by atoms with van der Waals surface area (Å²) in [4.78, 5) is 0. The van der Waals surface area contributed by atoms with Crippen LogP contribution in [0.2, 0.25) is 0 Å². The zero-order chi connectivity index (χ0) is 18.1. The Morgan fingerprint density at radius 1 is 1.12 bits per heavy atom. The lowest BCUT2D eigenvalue weighted by Crippen LogP contribution is -2.13. The summed E-state index contributed by atoms with van der Waals surface area (Å²) in [6.45, 7) is 8.58. The van der Waals surface area contributed by atoms with Crippen LogP contribution in [0.4, 0.5) is 5.69 Å². The molecule has 1 N–H and O–H groups in total. The summed E-state index contributed by atoms with van der Waals surface area (Å²) >= 11 is 0. The van der Waals surface area contributed by atoms with Crippen molar-refractivity contribution in [1.82, 2.24) is 0 Å². The van der Waals surface area contributed by atoms with Crippen LogP contribution in [0, 0.1) is 0 Å². The van der Waals surface area contributed by atoms with Gasteiger partial charge in [0.25, 0.3) is 0 Å². The van der Waals surface area contributed by atoms with Gasteiger partial charge in [-0.15, -0.1) is 0 Å². The molecule has 2 aromatic carbocycles. The number of hydrogen-bond acceptors (Lipinski definition) is 2. The van der Waals surface area contributed by atoms with E-state index in [2.05, 4.69) is 49.2 Å². The van der Waals surface area contributed by atoms with Crippen molar-refractivity contribution >= 4 is 22.4 Å². The van der Waals surface area contributed by atoms with E-state index in [1.165, 1.54) is 16.5 Å². The highest BCUT2D eigenvalue weighted by atomic mass is 16.3. The minimum absolute atomic E-state index is 0.381. The zero-order valence-corrected chi connectivity index (χ0v) is 15.3. The minimum Gasteiger partial charge on any atom is -0.454 e. The summed E-state index contributed by atoms with van der Waals surface area (Å²) in [5.41, 5.74) is 6.55. The first-order valence-corrected chi connectivity index (χ1v) is 9.08. The number of para-hydroxylation sites is 2. The fourth-order valence-corrected chi connectivity index (χ4v) is 3.78. The largest absolute Gasteiger partial charge is 0.454 e. The predicted molar refractivity (Wildman–Crippen MR) is 110 cm³/mol. The van der Waals surface area contributed by atoms with Crippen molar-refractivity contribution in [3.05, 3.63) is 95.8 Å². The van der Waals surface area contributed by atoms with Crippen LogP contribution in [-0.2, 0) is 0 Å². The summed E-state index contributed by atoms with van der Waals surface area (Å²) < 4.78 is 6.32. The van der Waals surface area contributed by atoms with Crippen molar-refractivity contribution in [2.45, 2.75) is 26.2 Å². The standard InChI is InChI=1S/C24H23NO/c1-4-10-16(2)20-15-17(3)22-19-13-8-9-14-21(19)26-24(22)23(20)25-18-11-6-5-7-12-18/h4-14,17,25H,2,15H2,1,3H3/b10-4-. The molecule has 1 aromatic heterocycles. The van der Waals surface area contributed by atoms with E-state index in [-0.39, 0.29) is 0 Å². The van der Waals surface area contributed by atoms with Gasteiger partial charge in [-0.3, -0.25) is 0 Å². The summed E-state index contributed by atoms with van der Waals surface area (Å²) in [6.07, 6.45) is 5.05. The van der Waals surface area contributed by atoms with Crippen LogP contribution < -0.4 is 5.32 Å². The van der Waals surface area contributed by atoms with Crippen LogP contribution in [0.1, 0.15) is 37.5 Å². The highest BCUT2D eigenvalue weighted by molar-refractivity contribution is 5.92. The highest BCUT2D eigenvalue weighted by Gasteiger charge is 2.30. The Hall–Kier alpha value is -3.00. The number of furan rings is 1. The van der Waals surface area contributed by atoms with E-state index in [0.717, 1.165) is 34.7 Å². The molecule has 130 valence electrons. The van der Waals surface area contributed by atoms with Gasteiger partial charge >= 0.3 is 0 Å². The number of nitrogens with one attached hydrogen (secondary N) is 1. The first-order chi connectivity index (χ1) is 12.7. The van der Waals surface area contributed by atoms with Gasteiger partial charge < -0.3 is 9.73 Å². The van der Waals surface area contributed by atoms with Gasteiger partial charge in [0.05, 0.1) is 5.70 Å². The number of fused-ring (bicyclic) bond motifs is 3. The maximum absolute atomic E-state index is 6.32. The molecule has 1 atom stereocenters. The van der Waals surface area contributed by atoms with Crippen molar-refractivity contribution in [1.29, 1.82) is 0 Å². The fraction of sp³-hybridized carbons (Fsp3) is 0.167. The lowest BCUT2D eigenvalue weighted by molar-refractivity contribution is 0.577. The van der Waals surface area contributed by atoms with Gasteiger partial charge in [-0.25, -0.2) is 0 Å². The molecule has 1 heterocycles. The summed E-state index contributed by atoms with van der Waals surface area (Å²) in [7, 11) is 0. The molecular weight excluding hydrogens is 318 g/mol. The van der Waals surface area contributed by atoms with Crippen molar-refractivity contribution in [2.24, 2.45) is 0 Å². The van der Waals surface area contributed by atoms with Gasteiger partial charge in [0.15, 0.2) is 5.76 Å². The Bertz CT molecular complexity index is 1020. The molecular formula is C24H23NO. The molecule has 1 aliphatic carbocycles. The average Bonchev–Trinajstić information content (AvgIpc) is 3.05. The second kappa shape index (κ2) is 6.72. The smallest absolute Gasteiger partial charge is 0.155 e. The lowest BCUT2D eigenvalue weighted by atomic mass is 9.82. The number of benzene rings is 2. The Labute approximate surface area is 154 Å². The van der Waals surface area contributed by atoms with Crippen LogP contribution in [0.5, 0.6) is 0 Å². The maximum Gasteiger partial charge on any atom is 0.155 e. The van der Waals surface area contributed by atoms with Crippen molar-refractivity contribution in [3.63, 3.8) is 0 Å². The summed E-state index contributed by atoms with van der Waals surface area (Å²) in [6, 6.07) is 18.5. The predicted octanol–water partition coefficient (Wildman–Crippen LogP) is 6.90. The third-order valence-electron chi connectivity index (χ3n) is 4.96. The van der Waals surface area contributed by atoms with Gasteiger partial charge in [-0.1, -0.05) is 62.1 Å². The molecule has 1 unspecified atom stereocenters. The SMILES string of the molecule is C=C(/C=C\C)C1=C(Nc2ccccc2)c2oc3ccccc3c2C(C)C1. The topological polar surface area (TPSA) is 25.2 Å². The van der Waals surface area contributed by atoms with Crippen molar-refractivity contribution < 1.29 is 4.42 Å². The van der Waals surface area contributed by atoms with E-state index in [9.17, 15) is 0 Å². The van der Waals surface area contributed by atoms with Gasteiger partial charge in [-0.05, 0) is 48.6 Å². The first kappa shape index (κ1) is 16.5. The molecule has 2 heteroatoms.